The van der Waals surface area contributed by atoms with Crippen LogP contribution in [0.25, 0.3) is 0 Å². The molecule has 0 bridgehead atoms. The van der Waals surface area contributed by atoms with Crippen LogP contribution in [0.5, 0.6) is 0 Å². The van der Waals surface area contributed by atoms with Gasteiger partial charge in [-0.3, -0.25) is 0 Å². The maximum atomic E-state index is 4.08. The summed E-state index contributed by atoms with van der Waals surface area (Å²) in [5.41, 5.74) is 1.37. The van der Waals surface area contributed by atoms with E-state index in [0.29, 0.717) is 10.8 Å². The fraction of sp³-hybridized carbons (Fsp3) is 0.917. The molecule has 8 unspecified atom stereocenters. The second kappa shape index (κ2) is 6.96. The molecular formula is C24H41P. The van der Waals surface area contributed by atoms with E-state index in [2.05, 4.69) is 29.7 Å². The van der Waals surface area contributed by atoms with Crippen molar-refractivity contribution in [2.45, 2.75) is 97.3 Å². The van der Waals surface area contributed by atoms with Crippen LogP contribution in [0.4, 0.5) is 0 Å². The average molecular weight is 361 g/mol. The van der Waals surface area contributed by atoms with E-state index < -0.39 is 0 Å². The molecule has 0 N–H and O–H groups in total. The summed E-state index contributed by atoms with van der Waals surface area (Å²) >= 11 is 0. The van der Waals surface area contributed by atoms with Gasteiger partial charge in [-0.2, -0.15) is 0 Å². The SMILES string of the molecule is C=C(P)CCCC1CCC2C3CCC4CCCCC4(C)C3CCC12C. The van der Waals surface area contributed by atoms with Crippen LogP contribution in [0.15, 0.2) is 11.9 Å². The molecule has 0 amide bonds. The van der Waals surface area contributed by atoms with E-state index in [1.165, 1.54) is 50.3 Å². The lowest BCUT2D eigenvalue weighted by molar-refractivity contribution is -0.111. The Hall–Kier alpha value is 0.170. The minimum atomic E-state index is 0.668. The molecule has 0 heterocycles. The summed E-state index contributed by atoms with van der Waals surface area (Å²) in [6.07, 6.45) is 19.4. The predicted molar refractivity (Wildman–Crippen MR) is 113 cm³/mol. The molecule has 0 nitrogen and oxygen atoms in total. The third kappa shape index (κ3) is 3.07. The van der Waals surface area contributed by atoms with Crippen molar-refractivity contribution in [2.24, 2.45) is 40.4 Å². The molecule has 1 heteroatoms. The van der Waals surface area contributed by atoms with E-state index in [1.54, 1.807) is 38.5 Å². The summed E-state index contributed by atoms with van der Waals surface area (Å²) in [7, 11) is 2.80. The number of rotatable bonds is 4. The Morgan fingerprint density at radius 1 is 0.920 bits per heavy atom. The van der Waals surface area contributed by atoms with Gasteiger partial charge in [-0.15, -0.1) is 9.24 Å². The van der Waals surface area contributed by atoms with Gasteiger partial charge in [0.1, 0.15) is 0 Å². The summed E-state index contributed by atoms with van der Waals surface area (Å²) in [6.45, 7) is 9.50. The Balaban J connectivity index is 1.48. The summed E-state index contributed by atoms with van der Waals surface area (Å²) in [4.78, 5) is 0. The molecule has 0 aromatic rings. The molecular weight excluding hydrogens is 319 g/mol. The maximum Gasteiger partial charge on any atom is -0.0266 e. The summed E-state index contributed by atoms with van der Waals surface area (Å²) in [6, 6.07) is 0. The van der Waals surface area contributed by atoms with Gasteiger partial charge in [0.15, 0.2) is 0 Å². The highest BCUT2D eigenvalue weighted by Crippen LogP contribution is 2.67. The zero-order valence-electron chi connectivity index (χ0n) is 16.9. The van der Waals surface area contributed by atoms with Gasteiger partial charge in [0.25, 0.3) is 0 Å². The maximum absolute atomic E-state index is 4.08. The first-order valence-corrected chi connectivity index (χ1v) is 12.0. The van der Waals surface area contributed by atoms with E-state index in [4.69, 9.17) is 0 Å². The van der Waals surface area contributed by atoms with E-state index in [9.17, 15) is 0 Å². The van der Waals surface area contributed by atoms with Gasteiger partial charge in [-0.05, 0) is 111 Å². The number of hydrogen-bond donors (Lipinski definition) is 0. The molecule has 142 valence electrons. The molecule has 25 heavy (non-hydrogen) atoms. The van der Waals surface area contributed by atoms with Crippen molar-refractivity contribution in [3.63, 3.8) is 0 Å². The Kier molecular flexibility index (Phi) is 5.16. The first kappa shape index (κ1) is 18.5. The smallest absolute Gasteiger partial charge is 0.0266 e. The van der Waals surface area contributed by atoms with Crippen LogP contribution in [0.2, 0.25) is 0 Å². The Labute approximate surface area is 159 Å². The molecule has 0 aliphatic heterocycles. The molecule has 4 aliphatic carbocycles. The van der Waals surface area contributed by atoms with Crippen LogP contribution in [0, 0.1) is 40.4 Å². The third-order valence-corrected chi connectivity index (χ3v) is 10.1. The number of allylic oxidation sites excluding steroid dienone is 1. The van der Waals surface area contributed by atoms with Gasteiger partial charge in [-0.25, -0.2) is 0 Å². The molecule has 0 spiro atoms. The highest BCUT2D eigenvalue weighted by atomic mass is 31.0. The normalized spacial score (nSPS) is 49.2. The van der Waals surface area contributed by atoms with Crippen LogP contribution in [0.1, 0.15) is 97.3 Å². The van der Waals surface area contributed by atoms with Crippen molar-refractivity contribution in [3.8, 4) is 0 Å². The molecule has 4 rings (SSSR count). The molecule has 0 aromatic heterocycles. The third-order valence-electron chi connectivity index (χ3n) is 9.83. The van der Waals surface area contributed by atoms with Crippen molar-refractivity contribution >= 4 is 9.24 Å². The Bertz CT molecular complexity index is 510. The zero-order valence-corrected chi connectivity index (χ0v) is 18.0. The molecule has 0 saturated heterocycles. The van der Waals surface area contributed by atoms with Crippen molar-refractivity contribution in [2.75, 3.05) is 0 Å². The average Bonchev–Trinajstić information content (AvgIpc) is 2.91. The fourth-order valence-electron chi connectivity index (χ4n) is 8.45. The number of hydrogen-bond acceptors (Lipinski definition) is 0. The molecule has 4 saturated carbocycles. The van der Waals surface area contributed by atoms with Crippen LogP contribution < -0.4 is 0 Å². The van der Waals surface area contributed by atoms with Crippen LogP contribution in [-0.4, -0.2) is 0 Å². The first-order valence-electron chi connectivity index (χ1n) is 11.4. The molecule has 4 aliphatic rings. The molecule has 8 atom stereocenters. The van der Waals surface area contributed by atoms with Crippen molar-refractivity contribution in [1.82, 2.24) is 0 Å². The summed E-state index contributed by atoms with van der Waals surface area (Å²) in [5.74, 6) is 5.25. The highest BCUT2D eigenvalue weighted by Gasteiger charge is 2.59. The Morgan fingerprint density at radius 3 is 2.52 bits per heavy atom. The predicted octanol–water partition coefficient (Wildman–Crippen LogP) is 7.59. The lowest BCUT2D eigenvalue weighted by Gasteiger charge is -2.60. The molecule has 4 fully saturated rings. The monoisotopic (exact) mass is 360 g/mol. The van der Waals surface area contributed by atoms with Crippen LogP contribution in [0.3, 0.4) is 0 Å². The highest BCUT2D eigenvalue weighted by molar-refractivity contribution is 7.22. The molecule has 0 aromatic carbocycles. The summed E-state index contributed by atoms with van der Waals surface area (Å²) in [5, 5.41) is 1.30. The van der Waals surface area contributed by atoms with Gasteiger partial charge in [0.2, 0.25) is 0 Å². The standard InChI is InChI=1S/C24H41P/c1-17(25)7-6-9-19-11-13-21-20-12-10-18-8-4-5-15-23(18,2)22(20)14-16-24(19,21)3/h18-22H,1,4-16,25H2,2-3H3. The minimum Gasteiger partial charge on any atom is -0.111 e. The van der Waals surface area contributed by atoms with Crippen molar-refractivity contribution in [1.29, 1.82) is 0 Å². The van der Waals surface area contributed by atoms with Crippen LogP contribution in [-0.2, 0) is 0 Å². The van der Waals surface area contributed by atoms with Gasteiger partial charge in [-0.1, -0.05) is 38.6 Å². The van der Waals surface area contributed by atoms with Gasteiger partial charge >= 0.3 is 0 Å². The largest absolute Gasteiger partial charge is 0.111 e. The fourth-order valence-corrected chi connectivity index (χ4v) is 8.66. The molecule has 0 radical (unpaired) electrons. The topological polar surface area (TPSA) is 0 Å². The zero-order chi connectivity index (χ0) is 17.7. The van der Waals surface area contributed by atoms with E-state index in [1.807, 2.05) is 0 Å². The van der Waals surface area contributed by atoms with Crippen molar-refractivity contribution < 1.29 is 0 Å². The second-order valence-electron chi connectivity index (χ2n) is 10.8. The van der Waals surface area contributed by atoms with Crippen molar-refractivity contribution in [3.05, 3.63) is 11.9 Å². The minimum absolute atomic E-state index is 0.668. The van der Waals surface area contributed by atoms with Gasteiger partial charge in [0.05, 0.1) is 0 Å². The lowest BCUT2D eigenvalue weighted by atomic mass is 9.45. The van der Waals surface area contributed by atoms with Crippen LogP contribution >= 0.6 is 9.24 Å². The quantitative estimate of drug-likeness (QED) is 0.453. The second-order valence-corrected chi connectivity index (χ2v) is 11.6. The number of fused-ring (bicyclic) bond motifs is 5. The van der Waals surface area contributed by atoms with Gasteiger partial charge < -0.3 is 0 Å². The van der Waals surface area contributed by atoms with E-state index in [-0.39, 0.29) is 0 Å². The lowest BCUT2D eigenvalue weighted by Crippen LogP contribution is -2.52. The van der Waals surface area contributed by atoms with E-state index in [0.717, 1.165) is 29.6 Å². The first-order chi connectivity index (χ1) is 11.9. The Morgan fingerprint density at radius 2 is 1.72 bits per heavy atom. The van der Waals surface area contributed by atoms with Gasteiger partial charge in [0, 0.05) is 0 Å². The van der Waals surface area contributed by atoms with E-state index >= 15 is 0 Å². The summed E-state index contributed by atoms with van der Waals surface area (Å²) < 4.78 is 0.